The van der Waals surface area contributed by atoms with Crippen LogP contribution in [0.15, 0.2) is 53.1 Å². The summed E-state index contributed by atoms with van der Waals surface area (Å²) < 4.78 is 5.27. The fraction of sp³-hybridized carbons (Fsp3) is 0.190. The van der Waals surface area contributed by atoms with Crippen LogP contribution in [0.1, 0.15) is 27.2 Å². The van der Waals surface area contributed by atoms with Crippen molar-refractivity contribution in [2.45, 2.75) is 20.8 Å². The topological polar surface area (TPSA) is 84.2 Å². The number of nitrogens with one attached hydrogen (secondary N) is 2. The summed E-state index contributed by atoms with van der Waals surface area (Å²) >= 11 is 0. The van der Waals surface area contributed by atoms with Crippen molar-refractivity contribution in [2.24, 2.45) is 0 Å². The van der Waals surface area contributed by atoms with E-state index in [1.54, 1.807) is 6.07 Å². The summed E-state index contributed by atoms with van der Waals surface area (Å²) in [6.45, 7) is 5.78. The van der Waals surface area contributed by atoms with Gasteiger partial charge in [0.05, 0.1) is 6.54 Å². The second kappa shape index (κ2) is 7.86. The summed E-state index contributed by atoms with van der Waals surface area (Å²) in [5.41, 5.74) is 4.96. The van der Waals surface area contributed by atoms with Gasteiger partial charge < -0.3 is 15.2 Å². The van der Waals surface area contributed by atoms with E-state index in [-0.39, 0.29) is 18.1 Å². The van der Waals surface area contributed by atoms with Gasteiger partial charge in [-0.25, -0.2) is 0 Å². The summed E-state index contributed by atoms with van der Waals surface area (Å²) in [5, 5.41) is 9.11. The Bertz CT molecular complexity index is 992. The van der Waals surface area contributed by atoms with Gasteiger partial charge in [-0.05, 0) is 49.6 Å². The van der Waals surface area contributed by atoms with Crippen LogP contribution in [0.4, 0.5) is 5.69 Å². The van der Waals surface area contributed by atoms with E-state index in [1.165, 1.54) is 0 Å². The van der Waals surface area contributed by atoms with Gasteiger partial charge in [-0.2, -0.15) is 0 Å². The fourth-order valence-corrected chi connectivity index (χ4v) is 2.63. The second-order valence-corrected chi connectivity index (χ2v) is 6.42. The minimum atomic E-state index is -0.464. The molecule has 0 unspecified atom stereocenters. The van der Waals surface area contributed by atoms with Gasteiger partial charge in [-0.15, -0.1) is 0 Å². The monoisotopic (exact) mass is 363 g/mol. The van der Waals surface area contributed by atoms with Crippen molar-refractivity contribution in [3.05, 3.63) is 70.9 Å². The SMILES string of the molecule is Cc1ccc(NC(=O)CNC(=O)c2cc(-c3ccccc3C)on2)cc1C. The molecular formula is C21H21N3O3. The van der Waals surface area contributed by atoms with E-state index < -0.39 is 5.91 Å². The Hall–Kier alpha value is -3.41. The number of amides is 2. The van der Waals surface area contributed by atoms with Crippen LogP contribution in [-0.4, -0.2) is 23.5 Å². The molecule has 0 aliphatic carbocycles. The maximum atomic E-state index is 12.2. The number of rotatable bonds is 5. The fourth-order valence-electron chi connectivity index (χ4n) is 2.63. The van der Waals surface area contributed by atoms with E-state index in [0.29, 0.717) is 11.4 Å². The molecule has 2 N–H and O–H groups in total. The number of nitrogens with zero attached hydrogens (tertiary/aromatic N) is 1. The van der Waals surface area contributed by atoms with Crippen molar-refractivity contribution in [1.82, 2.24) is 10.5 Å². The van der Waals surface area contributed by atoms with E-state index in [2.05, 4.69) is 15.8 Å². The highest BCUT2D eigenvalue weighted by molar-refractivity contribution is 5.98. The van der Waals surface area contributed by atoms with E-state index in [4.69, 9.17) is 4.52 Å². The summed E-state index contributed by atoms with van der Waals surface area (Å²) in [6, 6.07) is 14.9. The Morgan fingerprint density at radius 2 is 1.74 bits per heavy atom. The summed E-state index contributed by atoms with van der Waals surface area (Å²) in [5.74, 6) is -0.263. The Kier molecular flexibility index (Phi) is 5.35. The minimum Gasteiger partial charge on any atom is -0.355 e. The number of anilines is 1. The average Bonchev–Trinajstić information content (AvgIpc) is 3.13. The highest BCUT2D eigenvalue weighted by Crippen LogP contribution is 2.23. The van der Waals surface area contributed by atoms with Crippen LogP contribution in [-0.2, 0) is 4.79 Å². The molecule has 0 spiro atoms. The van der Waals surface area contributed by atoms with Crippen molar-refractivity contribution in [1.29, 1.82) is 0 Å². The van der Waals surface area contributed by atoms with Gasteiger partial charge in [-0.1, -0.05) is 35.5 Å². The molecule has 27 heavy (non-hydrogen) atoms. The molecule has 0 bridgehead atoms. The average molecular weight is 363 g/mol. The van der Waals surface area contributed by atoms with Gasteiger partial charge in [0.1, 0.15) is 0 Å². The number of benzene rings is 2. The van der Waals surface area contributed by atoms with Crippen LogP contribution in [0.2, 0.25) is 0 Å². The van der Waals surface area contributed by atoms with Crippen molar-refractivity contribution < 1.29 is 14.1 Å². The maximum Gasteiger partial charge on any atom is 0.273 e. The third-order valence-electron chi connectivity index (χ3n) is 4.35. The largest absolute Gasteiger partial charge is 0.355 e. The molecular weight excluding hydrogens is 342 g/mol. The molecule has 0 fully saturated rings. The lowest BCUT2D eigenvalue weighted by molar-refractivity contribution is -0.115. The zero-order valence-electron chi connectivity index (χ0n) is 15.5. The first kappa shape index (κ1) is 18.4. The maximum absolute atomic E-state index is 12.2. The molecule has 1 heterocycles. The normalized spacial score (nSPS) is 10.5. The third kappa shape index (κ3) is 4.41. The second-order valence-electron chi connectivity index (χ2n) is 6.42. The Balaban J connectivity index is 1.58. The standard InChI is InChI=1S/C21H21N3O3/c1-13-8-9-16(10-15(13)3)23-20(25)12-22-21(26)18-11-19(27-24-18)17-7-5-4-6-14(17)2/h4-11H,12H2,1-3H3,(H,22,26)(H,23,25). The molecule has 2 aromatic carbocycles. The Labute approximate surface area is 157 Å². The number of aromatic nitrogens is 1. The third-order valence-corrected chi connectivity index (χ3v) is 4.35. The van der Waals surface area contributed by atoms with E-state index in [0.717, 1.165) is 22.3 Å². The quantitative estimate of drug-likeness (QED) is 0.725. The lowest BCUT2D eigenvalue weighted by atomic mass is 10.1. The zero-order chi connectivity index (χ0) is 19.4. The van der Waals surface area contributed by atoms with E-state index in [1.807, 2.05) is 63.2 Å². The van der Waals surface area contributed by atoms with Crippen LogP contribution < -0.4 is 10.6 Å². The first-order valence-corrected chi connectivity index (χ1v) is 8.62. The molecule has 3 rings (SSSR count). The molecule has 2 amide bonds. The molecule has 0 saturated heterocycles. The molecule has 0 atom stereocenters. The molecule has 3 aromatic rings. The van der Waals surface area contributed by atoms with Gasteiger partial charge in [0, 0.05) is 17.3 Å². The van der Waals surface area contributed by atoms with E-state index >= 15 is 0 Å². The van der Waals surface area contributed by atoms with Crippen LogP contribution in [0.3, 0.4) is 0 Å². The number of hydrogen-bond acceptors (Lipinski definition) is 4. The summed E-state index contributed by atoms with van der Waals surface area (Å²) in [4.78, 5) is 24.3. The van der Waals surface area contributed by atoms with Gasteiger partial charge in [-0.3, -0.25) is 9.59 Å². The lowest BCUT2D eigenvalue weighted by Gasteiger charge is -2.08. The molecule has 6 heteroatoms. The van der Waals surface area contributed by atoms with Crippen molar-refractivity contribution in [3.8, 4) is 11.3 Å². The van der Waals surface area contributed by atoms with Crippen LogP contribution >= 0.6 is 0 Å². The highest BCUT2D eigenvalue weighted by atomic mass is 16.5. The van der Waals surface area contributed by atoms with Crippen molar-refractivity contribution in [2.75, 3.05) is 11.9 Å². The van der Waals surface area contributed by atoms with Crippen molar-refractivity contribution in [3.63, 3.8) is 0 Å². The first-order valence-electron chi connectivity index (χ1n) is 8.62. The Morgan fingerprint density at radius 1 is 0.963 bits per heavy atom. The lowest BCUT2D eigenvalue weighted by Crippen LogP contribution is -2.33. The van der Waals surface area contributed by atoms with E-state index in [9.17, 15) is 9.59 Å². The zero-order valence-corrected chi connectivity index (χ0v) is 15.5. The number of carbonyl (C=O) groups is 2. The van der Waals surface area contributed by atoms with Crippen LogP contribution in [0.5, 0.6) is 0 Å². The molecule has 6 nitrogen and oxygen atoms in total. The first-order chi connectivity index (χ1) is 12.9. The van der Waals surface area contributed by atoms with Gasteiger partial charge >= 0.3 is 0 Å². The van der Waals surface area contributed by atoms with Crippen LogP contribution in [0.25, 0.3) is 11.3 Å². The van der Waals surface area contributed by atoms with Gasteiger partial charge in [0.15, 0.2) is 11.5 Å². The highest BCUT2D eigenvalue weighted by Gasteiger charge is 2.15. The summed E-state index contributed by atoms with van der Waals surface area (Å²) in [6.07, 6.45) is 0. The Morgan fingerprint density at radius 3 is 2.48 bits per heavy atom. The number of carbonyl (C=O) groups excluding carboxylic acids is 2. The van der Waals surface area contributed by atoms with Crippen molar-refractivity contribution >= 4 is 17.5 Å². The molecule has 1 aromatic heterocycles. The molecule has 0 saturated carbocycles. The number of hydrogen-bond donors (Lipinski definition) is 2. The number of aryl methyl sites for hydroxylation is 3. The predicted molar refractivity (Wildman–Crippen MR) is 104 cm³/mol. The van der Waals surface area contributed by atoms with Gasteiger partial charge in [0.2, 0.25) is 5.91 Å². The van der Waals surface area contributed by atoms with Crippen LogP contribution in [0, 0.1) is 20.8 Å². The summed E-state index contributed by atoms with van der Waals surface area (Å²) in [7, 11) is 0. The molecule has 0 aliphatic rings. The predicted octanol–water partition coefficient (Wildman–Crippen LogP) is 3.64. The molecule has 0 aliphatic heterocycles. The minimum absolute atomic E-state index is 0.132. The molecule has 138 valence electrons. The van der Waals surface area contributed by atoms with Gasteiger partial charge in [0.25, 0.3) is 5.91 Å². The smallest absolute Gasteiger partial charge is 0.273 e. The molecule has 0 radical (unpaired) electrons.